The van der Waals surface area contributed by atoms with E-state index in [0.717, 1.165) is 16.8 Å². The summed E-state index contributed by atoms with van der Waals surface area (Å²) >= 11 is 0. The van der Waals surface area contributed by atoms with Crippen LogP contribution in [-0.4, -0.2) is 18.8 Å². The second kappa shape index (κ2) is 7.04. The van der Waals surface area contributed by atoms with Gasteiger partial charge >= 0.3 is 0 Å². The van der Waals surface area contributed by atoms with Crippen molar-refractivity contribution in [2.45, 2.75) is 20.8 Å². The number of hydrogen-bond donors (Lipinski definition) is 3. The lowest BCUT2D eigenvalue weighted by molar-refractivity contribution is -0.117. The van der Waals surface area contributed by atoms with Crippen LogP contribution in [-0.2, 0) is 4.79 Å². The summed E-state index contributed by atoms with van der Waals surface area (Å²) in [6.07, 6.45) is 5.39. The summed E-state index contributed by atoms with van der Waals surface area (Å²) in [7, 11) is 0. The van der Waals surface area contributed by atoms with Gasteiger partial charge in [-0.15, -0.1) is 0 Å². The first-order valence-electron chi connectivity index (χ1n) is 8.59. The van der Waals surface area contributed by atoms with Gasteiger partial charge in [0.2, 0.25) is 0 Å². The van der Waals surface area contributed by atoms with Gasteiger partial charge in [-0.25, -0.2) is 0 Å². The van der Waals surface area contributed by atoms with Crippen LogP contribution in [0.4, 0.5) is 0 Å². The molecule has 0 bridgehead atoms. The summed E-state index contributed by atoms with van der Waals surface area (Å²) in [4.78, 5) is 16.9. The molecule has 1 amide bonds. The summed E-state index contributed by atoms with van der Waals surface area (Å²) in [5.41, 5.74) is 4.79. The summed E-state index contributed by atoms with van der Waals surface area (Å²) in [5, 5.41) is 9.20. The van der Waals surface area contributed by atoms with Crippen LogP contribution >= 0.6 is 0 Å². The van der Waals surface area contributed by atoms with Gasteiger partial charge in [0, 0.05) is 5.70 Å². The number of allylic oxidation sites excluding steroid dienone is 1. The highest BCUT2D eigenvalue weighted by Crippen LogP contribution is 2.29. The minimum atomic E-state index is -0.190. The third-order valence-corrected chi connectivity index (χ3v) is 4.29. The third-order valence-electron chi connectivity index (χ3n) is 4.29. The second-order valence-corrected chi connectivity index (χ2v) is 7.34. The zero-order valence-corrected chi connectivity index (χ0v) is 15.4. The van der Waals surface area contributed by atoms with Gasteiger partial charge in [-0.1, -0.05) is 57.7 Å². The Morgan fingerprint density at radius 2 is 1.81 bits per heavy atom. The molecule has 0 spiro atoms. The van der Waals surface area contributed by atoms with Crippen molar-refractivity contribution in [1.82, 2.24) is 16.0 Å². The maximum atomic E-state index is 12.6. The van der Waals surface area contributed by atoms with Crippen LogP contribution in [0.2, 0.25) is 0 Å². The van der Waals surface area contributed by atoms with E-state index in [1.807, 2.05) is 42.5 Å². The van der Waals surface area contributed by atoms with Crippen LogP contribution < -0.4 is 16.0 Å². The topological polar surface area (TPSA) is 65.5 Å². The Kier molecular flexibility index (Phi) is 4.80. The highest BCUT2D eigenvalue weighted by Gasteiger charge is 2.25. The third kappa shape index (κ3) is 3.94. The number of nitrogens with one attached hydrogen (secondary N) is 3. The maximum absolute atomic E-state index is 12.6. The molecular weight excluding hydrogens is 324 g/mol. The molecule has 0 aliphatic carbocycles. The van der Waals surface area contributed by atoms with Crippen molar-refractivity contribution in [3.8, 4) is 0 Å². The minimum Gasteiger partial charge on any atom is -0.350 e. The zero-order valence-electron chi connectivity index (χ0n) is 15.4. The van der Waals surface area contributed by atoms with E-state index in [9.17, 15) is 4.79 Å². The van der Waals surface area contributed by atoms with Crippen molar-refractivity contribution >= 4 is 18.3 Å². The van der Waals surface area contributed by atoms with Gasteiger partial charge in [0.1, 0.15) is 5.70 Å². The Balaban J connectivity index is 1.87. The Bertz CT molecular complexity index is 852. The van der Waals surface area contributed by atoms with E-state index in [1.54, 1.807) is 6.34 Å². The maximum Gasteiger partial charge on any atom is 0.272 e. The molecule has 0 aromatic heterocycles. The van der Waals surface area contributed by atoms with Crippen molar-refractivity contribution in [3.63, 3.8) is 0 Å². The van der Waals surface area contributed by atoms with Gasteiger partial charge < -0.3 is 16.0 Å². The normalized spacial score (nSPS) is 20.9. The molecule has 134 valence electrons. The van der Waals surface area contributed by atoms with E-state index < -0.39 is 0 Å². The Labute approximate surface area is 154 Å². The highest BCUT2D eigenvalue weighted by molar-refractivity contribution is 5.98. The molecule has 1 saturated heterocycles. The van der Waals surface area contributed by atoms with Crippen molar-refractivity contribution < 1.29 is 4.79 Å². The number of amides is 1. The molecule has 1 aromatic rings. The number of rotatable bonds is 2. The van der Waals surface area contributed by atoms with E-state index in [4.69, 9.17) is 0 Å². The van der Waals surface area contributed by atoms with Gasteiger partial charge in [-0.2, -0.15) is 0 Å². The smallest absolute Gasteiger partial charge is 0.272 e. The van der Waals surface area contributed by atoms with Gasteiger partial charge in [-0.3, -0.25) is 9.79 Å². The predicted octanol–water partition coefficient (Wildman–Crippen LogP) is 3.08. The molecule has 0 unspecified atom stereocenters. The molecule has 0 atom stereocenters. The molecule has 26 heavy (non-hydrogen) atoms. The molecule has 2 aliphatic rings. The lowest BCUT2D eigenvalue weighted by Gasteiger charge is -2.28. The number of aliphatic imine (C=N–C) groups is 1. The fourth-order valence-corrected chi connectivity index (χ4v) is 2.83. The van der Waals surface area contributed by atoms with E-state index in [0.29, 0.717) is 23.6 Å². The van der Waals surface area contributed by atoms with Gasteiger partial charge in [0.15, 0.2) is 0 Å². The largest absolute Gasteiger partial charge is 0.350 e. The van der Waals surface area contributed by atoms with Crippen molar-refractivity contribution in [1.29, 1.82) is 0 Å². The van der Waals surface area contributed by atoms with Crippen LogP contribution in [0, 0.1) is 5.41 Å². The highest BCUT2D eigenvalue weighted by atomic mass is 16.2. The number of carbonyl (C=O) groups is 1. The van der Waals surface area contributed by atoms with Crippen molar-refractivity contribution in [2.75, 3.05) is 6.54 Å². The van der Waals surface area contributed by atoms with Crippen LogP contribution in [0.1, 0.15) is 26.3 Å². The standard InChI is InChI=1S/C21H24N4O/c1-14-17(10-15-8-6-5-7-9-15)25-20(26)19(24-14)11-18-16(21(2,3)4)12-22-13-23-18/h5-11,13,24H,1,12H2,2-4H3,(H,22,23)(H,25,26)/b17-10-,19-11-. The van der Waals surface area contributed by atoms with Gasteiger partial charge in [-0.05, 0) is 28.7 Å². The van der Waals surface area contributed by atoms with Gasteiger partial charge in [0.05, 0.1) is 24.3 Å². The summed E-state index contributed by atoms with van der Waals surface area (Å²) < 4.78 is 0. The predicted molar refractivity (Wildman–Crippen MR) is 106 cm³/mol. The van der Waals surface area contributed by atoms with Crippen LogP contribution in [0.3, 0.4) is 0 Å². The average molecular weight is 348 g/mol. The minimum absolute atomic E-state index is 0.0440. The molecule has 0 radical (unpaired) electrons. The Morgan fingerprint density at radius 3 is 2.50 bits per heavy atom. The molecule has 3 N–H and O–H groups in total. The quantitative estimate of drug-likeness (QED) is 0.720. The summed E-state index contributed by atoms with van der Waals surface area (Å²) in [6, 6.07) is 9.81. The SMILES string of the molecule is C=C1N/C(=C\C2=C(C(C)(C)C)CN=CN2)C(=O)N/C1=C\c1ccccc1. The van der Waals surface area contributed by atoms with Crippen LogP contribution in [0.25, 0.3) is 6.08 Å². The fourth-order valence-electron chi connectivity index (χ4n) is 2.83. The average Bonchev–Trinajstić information content (AvgIpc) is 2.60. The number of carbonyl (C=O) groups excluding carboxylic acids is 1. The lowest BCUT2D eigenvalue weighted by atomic mass is 9.84. The molecular formula is C21H24N4O. The summed E-state index contributed by atoms with van der Waals surface area (Å²) in [6.45, 7) is 11.1. The monoisotopic (exact) mass is 348 g/mol. The molecule has 3 rings (SSSR count). The molecule has 0 saturated carbocycles. The first-order chi connectivity index (χ1) is 12.3. The molecule has 2 aliphatic heterocycles. The van der Waals surface area contributed by atoms with Crippen molar-refractivity contribution in [2.24, 2.45) is 10.4 Å². The molecule has 1 aromatic carbocycles. The summed E-state index contributed by atoms with van der Waals surface area (Å²) in [5.74, 6) is -0.190. The van der Waals surface area contributed by atoms with E-state index in [2.05, 4.69) is 48.3 Å². The number of benzene rings is 1. The van der Waals surface area contributed by atoms with E-state index in [1.165, 1.54) is 0 Å². The molecule has 1 fully saturated rings. The van der Waals surface area contributed by atoms with Crippen LogP contribution in [0.5, 0.6) is 0 Å². The lowest BCUT2D eigenvalue weighted by Crippen LogP contribution is -2.40. The fraction of sp³-hybridized carbons (Fsp3) is 0.238. The van der Waals surface area contributed by atoms with E-state index >= 15 is 0 Å². The zero-order chi connectivity index (χ0) is 18.7. The van der Waals surface area contributed by atoms with Crippen LogP contribution in [0.15, 0.2) is 76.3 Å². The first kappa shape index (κ1) is 17.7. The second-order valence-electron chi connectivity index (χ2n) is 7.34. The number of hydrogen-bond acceptors (Lipinski definition) is 4. The first-order valence-corrected chi connectivity index (χ1v) is 8.59. The van der Waals surface area contributed by atoms with Gasteiger partial charge in [0.25, 0.3) is 5.91 Å². The Hall–Kier alpha value is -3.08. The van der Waals surface area contributed by atoms with E-state index in [-0.39, 0.29) is 11.3 Å². The Morgan fingerprint density at radius 1 is 1.08 bits per heavy atom. The number of nitrogens with zero attached hydrogens (tertiary/aromatic N) is 1. The molecule has 2 heterocycles. The molecule has 5 nitrogen and oxygen atoms in total. The number of piperazine rings is 1. The van der Waals surface area contributed by atoms with Crippen molar-refractivity contribution in [3.05, 3.63) is 76.9 Å². The molecule has 5 heteroatoms.